The molecule has 64 valence electrons. The summed E-state index contributed by atoms with van der Waals surface area (Å²) in [4.78, 5) is 10.7. The van der Waals surface area contributed by atoms with Crippen LogP contribution >= 0.6 is 0 Å². The summed E-state index contributed by atoms with van der Waals surface area (Å²) in [7, 11) is 0. The number of rotatable bonds is 1. The van der Waals surface area contributed by atoms with Gasteiger partial charge in [0, 0.05) is 5.69 Å². The highest BCUT2D eigenvalue weighted by molar-refractivity contribution is 6.00. The van der Waals surface area contributed by atoms with Gasteiger partial charge in [-0.25, -0.2) is 0 Å². The zero-order valence-corrected chi connectivity index (χ0v) is 6.37. The summed E-state index contributed by atoms with van der Waals surface area (Å²) in [5.74, 6) is -0.612. The van der Waals surface area contributed by atoms with Gasteiger partial charge in [-0.1, -0.05) is 0 Å². The molecular formula is C7H10N4O. The average molecular weight is 166 g/mol. The molecule has 1 rings (SSSR count). The monoisotopic (exact) mass is 166 g/mol. The largest absolute Gasteiger partial charge is 0.398 e. The highest BCUT2D eigenvalue weighted by atomic mass is 16.1. The topological polar surface area (TPSA) is 121 Å². The Kier molecular flexibility index (Phi) is 1.78. The SMILES string of the molecule is NC(=O)c1cc(N)c(N)cc1N. The van der Waals surface area contributed by atoms with Crippen molar-refractivity contribution in [2.45, 2.75) is 0 Å². The van der Waals surface area contributed by atoms with Gasteiger partial charge in [0.2, 0.25) is 0 Å². The van der Waals surface area contributed by atoms with Gasteiger partial charge < -0.3 is 22.9 Å². The van der Waals surface area contributed by atoms with E-state index in [0.29, 0.717) is 11.4 Å². The highest BCUT2D eigenvalue weighted by Gasteiger charge is 2.07. The second-order valence-electron chi connectivity index (χ2n) is 2.43. The first-order valence-corrected chi connectivity index (χ1v) is 3.26. The van der Waals surface area contributed by atoms with Crippen LogP contribution in [0.2, 0.25) is 0 Å². The summed E-state index contributed by atoms with van der Waals surface area (Å²) in [6.45, 7) is 0. The molecule has 0 bridgehead atoms. The normalized spacial score (nSPS) is 9.67. The van der Waals surface area contributed by atoms with Crippen LogP contribution in [0.4, 0.5) is 17.1 Å². The molecule has 0 aromatic heterocycles. The predicted octanol–water partition coefficient (Wildman–Crippen LogP) is -0.468. The standard InChI is InChI=1S/C7H10N4O/c8-4-2-6(10)5(9)1-3(4)7(11)12/h1-2H,8-10H2,(H2,11,12). The van der Waals surface area contributed by atoms with Gasteiger partial charge in [-0.3, -0.25) is 4.79 Å². The molecule has 8 N–H and O–H groups in total. The summed E-state index contributed by atoms with van der Waals surface area (Å²) in [6.07, 6.45) is 0. The Morgan fingerprint density at radius 1 is 1.00 bits per heavy atom. The summed E-state index contributed by atoms with van der Waals surface area (Å²) < 4.78 is 0. The Balaban J connectivity index is 3.33. The molecule has 0 saturated carbocycles. The molecule has 0 atom stereocenters. The molecule has 5 heteroatoms. The average Bonchev–Trinajstić information content (AvgIpc) is 1.96. The Morgan fingerprint density at radius 2 is 1.50 bits per heavy atom. The molecule has 0 spiro atoms. The molecule has 1 amide bonds. The number of carbonyl (C=O) groups excluding carboxylic acids is 1. The van der Waals surface area contributed by atoms with Gasteiger partial charge in [0.15, 0.2) is 0 Å². The molecule has 0 radical (unpaired) electrons. The third kappa shape index (κ3) is 1.24. The number of nitrogen functional groups attached to an aromatic ring is 3. The first-order valence-electron chi connectivity index (χ1n) is 3.26. The van der Waals surface area contributed by atoms with Crippen LogP contribution in [0, 0.1) is 0 Å². The van der Waals surface area contributed by atoms with Crippen molar-refractivity contribution in [3.05, 3.63) is 17.7 Å². The number of anilines is 3. The quantitative estimate of drug-likeness (QED) is 0.421. The maximum absolute atomic E-state index is 10.7. The van der Waals surface area contributed by atoms with E-state index in [1.807, 2.05) is 0 Å². The van der Waals surface area contributed by atoms with Crippen molar-refractivity contribution in [1.82, 2.24) is 0 Å². The third-order valence-corrected chi connectivity index (χ3v) is 1.52. The minimum absolute atomic E-state index is 0.196. The minimum Gasteiger partial charge on any atom is -0.398 e. The molecule has 5 nitrogen and oxygen atoms in total. The van der Waals surface area contributed by atoms with Gasteiger partial charge in [0.25, 0.3) is 5.91 Å². The van der Waals surface area contributed by atoms with E-state index in [9.17, 15) is 4.79 Å². The number of benzene rings is 1. The van der Waals surface area contributed by atoms with Crippen molar-refractivity contribution in [3.63, 3.8) is 0 Å². The van der Waals surface area contributed by atoms with Gasteiger partial charge in [-0.15, -0.1) is 0 Å². The summed E-state index contributed by atoms with van der Waals surface area (Å²) >= 11 is 0. The number of amides is 1. The van der Waals surface area contributed by atoms with Crippen LogP contribution in [0.3, 0.4) is 0 Å². The second kappa shape index (κ2) is 2.61. The highest BCUT2D eigenvalue weighted by Crippen LogP contribution is 2.22. The lowest BCUT2D eigenvalue weighted by molar-refractivity contribution is 0.100. The number of primary amides is 1. The molecule has 0 aliphatic heterocycles. The first kappa shape index (κ1) is 8.19. The van der Waals surface area contributed by atoms with Crippen molar-refractivity contribution in [3.8, 4) is 0 Å². The van der Waals surface area contributed by atoms with E-state index >= 15 is 0 Å². The van der Waals surface area contributed by atoms with Gasteiger partial charge in [0.05, 0.1) is 16.9 Å². The Hall–Kier alpha value is -1.91. The number of nitrogens with two attached hydrogens (primary N) is 4. The Bertz CT molecular complexity index is 334. The molecule has 0 saturated heterocycles. The number of hydrogen-bond acceptors (Lipinski definition) is 4. The van der Waals surface area contributed by atoms with Gasteiger partial charge in [-0.05, 0) is 12.1 Å². The lowest BCUT2D eigenvalue weighted by Crippen LogP contribution is -2.14. The molecule has 0 unspecified atom stereocenters. The van der Waals surface area contributed by atoms with Crippen molar-refractivity contribution < 1.29 is 4.79 Å². The molecule has 0 aliphatic rings. The number of hydrogen-bond donors (Lipinski definition) is 4. The van der Waals surface area contributed by atoms with Crippen LogP contribution in [0.5, 0.6) is 0 Å². The molecular weight excluding hydrogens is 156 g/mol. The van der Waals surface area contributed by atoms with Crippen LogP contribution in [-0.4, -0.2) is 5.91 Å². The second-order valence-corrected chi connectivity index (χ2v) is 2.43. The summed E-state index contributed by atoms with van der Waals surface area (Å²) in [5.41, 5.74) is 22.4. The fraction of sp³-hybridized carbons (Fsp3) is 0. The maximum atomic E-state index is 10.7. The van der Waals surface area contributed by atoms with E-state index in [1.54, 1.807) is 0 Å². The molecule has 12 heavy (non-hydrogen) atoms. The van der Waals surface area contributed by atoms with E-state index in [4.69, 9.17) is 22.9 Å². The van der Waals surface area contributed by atoms with Gasteiger partial charge >= 0.3 is 0 Å². The maximum Gasteiger partial charge on any atom is 0.250 e. The molecule has 0 aliphatic carbocycles. The molecule has 0 heterocycles. The van der Waals surface area contributed by atoms with E-state index in [1.165, 1.54) is 12.1 Å². The van der Waals surface area contributed by atoms with Gasteiger partial charge in [0.1, 0.15) is 0 Å². The van der Waals surface area contributed by atoms with Crippen molar-refractivity contribution >= 4 is 23.0 Å². The van der Waals surface area contributed by atoms with Crippen LogP contribution in [0.25, 0.3) is 0 Å². The van der Waals surface area contributed by atoms with E-state index in [-0.39, 0.29) is 11.3 Å². The lowest BCUT2D eigenvalue weighted by Gasteiger charge is -2.05. The lowest BCUT2D eigenvalue weighted by atomic mass is 10.1. The molecule has 0 fully saturated rings. The zero-order valence-electron chi connectivity index (χ0n) is 6.37. The summed E-state index contributed by atoms with van der Waals surface area (Å²) in [6, 6.07) is 2.78. The van der Waals surface area contributed by atoms with E-state index in [2.05, 4.69) is 0 Å². The van der Waals surface area contributed by atoms with Crippen LogP contribution in [0.1, 0.15) is 10.4 Å². The summed E-state index contributed by atoms with van der Waals surface area (Å²) in [5, 5.41) is 0. The zero-order chi connectivity index (χ0) is 9.30. The predicted molar refractivity (Wildman–Crippen MR) is 48.2 cm³/mol. The Morgan fingerprint density at radius 3 is 2.00 bits per heavy atom. The smallest absolute Gasteiger partial charge is 0.250 e. The fourth-order valence-corrected chi connectivity index (χ4v) is 0.864. The molecule has 1 aromatic rings. The van der Waals surface area contributed by atoms with Crippen LogP contribution in [0.15, 0.2) is 12.1 Å². The Labute approximate surface area is 69.3 Å². The van der Waals surface area contributed by atoms with Crippen LogP contribution < -0.4 is 22.9 Å². The van der Waals surface area contributed by atoms with Crippen molar-refractivity contribution in [2.24, 2.45) is 5.73 Å². The number of carbonyl (C=O) groups is 1. The van der Waals surface area contributed by atoms with E-state index in [0.717, 1.165) is 0 Å². The van der Waals surface area contributed by atoms with E-state index < -0.39 is 5.91 Å². The molecule has 1 aromatic carbocycles. The fourth-order valence-electron chi connectivity index (χ4n) is 0.864. The van der Waals surface area contributed by atoms with Crippen molar-refractivity contribution in [1.29, 1.82) is 0 Å². The van der Waals surface area contributed by atoms with Crippen LogP contribution in [-0.2, 0) is 0 Å². The third-order valence-electron chi connectivity index (χ3n) is 1.52. The van der Waals surface area contributed by atoms with Crippen molar-refractivity contribution in [2.75, 3.05) is 17.2 Å². The van der Waals surface area contributed by atoms with Gasteiger partial charge in [-0.2, -0.15) is 0 Å². The minimum atomic E-state index is -0.612. The first-order chi connectivity index (χ1) is 5.52.